The zero-order valence-corrected chi connectivity index (χ0v) is 20.6. The van der Waals surface area contributed by atoms with E-state index in [4.69, 9.17) is 9.47 Å². The van der Waals surface area contributed by atoms with Crippen molar-refractivity contribution in [2.24, 2.45) is 17.8 Å². The average Bonchev–Trinajstić information content (AvgIpc) is 3.57. The highest BCUT2D eigenvalue weighted by Crippen LogP contribution is 2.56. The number of ether oxygens (including phenoxy) is 2. The summed E-state index contributed by atoms with van der Waals surface area (Å²) in [7, 11) is -0.378. The van der Waals surface area contributed by atoms with E-state index >= 15 is 4.39 Å². The van der Waals surface area contributed by atoms with Crippen LogP contribution in [0.25, 0.3) is 0 Å². The van der Waals surface area contributed by atoms with Gasteiger partial charge in [-0.05, 0) is 81.3 Å². The van der Waals surface area contributed by atoms with Crippen molar-refractivity contribution in [3.8, 4) is 5.75 Å². The lowest BCUT2D eigenvalue weighted by Crippen LogP contribution is -2.46. The molecule has 2 saturated heterocycles. The minimum absolute atomic E-state index is 0.261. The molecule has 0 radical (unpaired) electrons. The summed E-state index contributed by atoms with van der Waals surface area (Å²) in [6, 6.07) is 26.2. The maximum atomic E-state index is 15.5. The van der Waals surface area contributed by atoms with Gasteiger partial charge in [0, 0.05) is 12.0 Å². The Morgan fingerprint density at radius 2 is 1.50 bits per heavy atom. The lowest BCUT2D eigenvalue weighted by Gasteiger charge is -2.39. The summed E-state index contributed by atoms with van der Waals surface area (Å²) in [6.45, 7) is 4.22. The van der Waals surface area contributed by atoms with Crippen LogP contribution >= 0.6 is 0 Å². The normalized spacial score (nSPS) is 27.8. The van der Waals surface area contributed by atoms with Crippen LogP contribution in [0, 0.1) is 23.6 Å². The zero-order valence-electron chi connectivity index (χ0n) is 19.8. The maximum absolute atomic E-state index is 15.5. The molecule has 3 aromatic rings. The first kappa shape index (κ1) is 22.2. The first-order chi connectivity index (χ1) is 16.5. The SMILES string of the molecule is CC(C)(Oc1ccc([S+](c2ccccc2)c2ccccc2)cc1F)C1CC2OC1C1CCCC21. The molecular weight excluding hydrogens is 443 g/mol. The van der Waals surface area contributed by atoms with Gasteiger partial charge in [-0.2, -0.15) is 0 Å². The van der Waals surface area contributed by atoms with Crippen LogP contribution in [0.4, 0.5) is 4.39 Å². The molecule has 2 aliphatic heterocycles. The van der Waals surface area contributed by atoms with Crippen molar-refractivity contribution in [1.82, 2.24) is 0 Å². The highest BCUT2D eigenvalue weighted by molar-refractivity contribution is 7.97. The molecule has 2 bridgehead atoms. The number of hydrogen-bond acceptors (Lipinski definition) is 2. The van der Waals surface area contributed by atoms with Crippen LogP contribution in [0.15, 0.2) is 93.5 Å². The van der Waals surface area contributed by atoms with Crippen molar-refractivity contribution in [3.05, 3.63) is 84.7 Å². The lowest BCUT2D eigenvalue weighted by atomic mass is 9.70. The van der Waals surface area contributed by atoms with E-state index in [2.05, 4.69) is 38.1 Å². The van der Waals surface area contributed by atoms with Gasteiger partial charge < -0.3 is 9.47 Å². The Labute approximate surface area is 204 Å². The molecule has 0 spiro atoms. The van der Waals surface area contributed by atoms with Crippen molar-refractivity contribution in [3.63, 3.8) is 0 Å². The Morgan fingerprint density at radius 1 is 0.853 bits per heavy atom. The second-order valence-electron chi connectivity index (χ2n) is 10.5. The summed E-state index contributed by atoms with van der Waals surface area (Å²) in [6.07, 6.45) is 5.56. The Bertz CT molecular complexity index is 1110. The maximum Gasteiger partial charge on any atom is 0.170 e. The molecule has 1 aliphatic carbocycles. The summed E-state index contributed by atoms with van der Waals surface area (Å²) >= 11 is 0. The van der Waals surface area contributed by atoms with Crippen LogP contribution in [0.1, 0.15) is 39.5 Å². The summed E-state index contributed by atoms with van der Waals surface area (Å²) in [5.74, 6) is 1.75. The second-order valence-corrected chi connectivity index (χ2v) is 12.5. The molecule has 3 aliphatic rings. The van der Waals surface area contributed by atoms with Gasteiger partial charge in [-0.1, -0.05) is 42.8 Å². The van der Waals surface area contributed by atoms with E-state index in [9.17, 15) is 0 Å². The molecule has 176 valence electrons. The predicted octanol–water partition coefficient (Wildman–Crippen LogP) is 7.28. The predicted molar refractivity (Wildman–Crippen MR) is 134 cm³/mol. The molecular formula is C30H32FO2S+. The lowest BCUT2D eigenvalue weighted by molar-refractivity contribution is -0.0152. The topological polar surface area (TPSA) is 18.5 Å². The van der Waals surface area contributed by atoms with Crippen LogP contribution in [0.2, 0.25) is 0 Å². The molecule has 6 rings (SSSR count). The van der Waals surface area contributed by atoms with Gasteiger partial charge in [0.15, 0.2) is 26.3 Å². The monoisotopic (exact) mass is 475 g/mol. The summed E-state index contributed by atoms with van der Waals surface area (Å²) in [5, 5.41) is 0. The van der Waals surface area contributed by atoms with Crippen LogP contribution < -0.4 is 4.74 Å². The number of benzene rings is 3. The number of rotatable bonds is 6. The number of hydrogen-bond donors (Lipinski definition) is 0. The van der Waals surface area contributed by atoms with E-state index in [1.165, 1.54) is 29.1 Å². The fourth-order valence-corrected chi connectivity index (χ4v) is 8.65. The number of fused-ring (bicyclic) bond motifs is 5. The van der Waals surface area contributed by atoms with Crippen LogP contribution in [0.5, 0.6) is 5.75 Å². The molecule has 2 heterocycles. The molecule has 1 saturated carbocycles. The quantitative estimate of drug-likeness (QED) is 0.349. The van der Waals surface area contributed by atoms with Crippen molar-refractivity contribution < 1.29 is 13.9 Å². The summed E-state index contributed by atoms with van der Waals surface area (Å²) in [4.78, 5) is 3.30. The fraction of sp³-hybridized carbons (Fsp3) is 0.400. The molecule has 3 aromatic carbocycles. The van der Waals surface area contributed by atoms with Crippen LogP contribution in [0.3, 0.4) is 0 Å². The first-order valence-electron chi connectivity index (χ1n) is 12.5. The molecule has 2 nitrogen and oxygen atoms in total. The molecule has 3 fully saturated rings. The largest absolute Gasteiger partial charge is 0.484 e. The van der Waals surface area contributed by atoms with Crippen molar-refractivity contribution in [2.45, 2.75) is 72.0 Å². The Kier molecular flexibility index (Phi) is 5.69. The zero-order chi connectivity index (χ0) is 23.3. The first-order valence-corrected chi connectivity index (χ1v) is 13.7. The molecule has 4 heteroatoms. The third-order valence-corrected chi connectivity index (χ3v) is 10.3. The summed E-state index contributed by atoms with van der Waals surface area (Å²) < 4.78 is 28.3. The van der Waals surface area contributed by atoms with E-state index in [0.29, 0.717) is 23.7 Å². The van der Waals surface area contributed by atoms with E-state index in [1.807, 2.05) is 48.5 Å². The van der Waals surface area contributed by atoms with Crippen LogP contribution in [-0.4, -0.2) is 17.8 Å². The van der Waals surface area contributed by atoms with Crippen molar-refractivity contribution in [1.29, 1.82) is 0 Å². The Morgan fingerprint density at radius 3 is 2.15 bits per heavy atom. The third-order valence-electron chi connectivity index (χ3n) is 8.10. The molecule has 0 N–H and O–H groups in total. The minimum Gasteiger partial charge on any atom is -0.484 e. The van der Waals surface area contributed by atoms with E-state index in [1.54, 1.807) is 6.07 Å². The van der Waals surface area contributed by atoms with Crippen LogP contribution in [-0.2, 0) is 15.6 Å². The average molecular weight is 476 g/mol. The molecule has 0 amide bonds. The second kappa shape index (κ2) is 8.73. The van der Waals surface area contributed by atoms with Gasteiger partial charge in [-0.15, -0.1) is 0 Å². The Hall–Kier alpha value is -2.30. The third kappa shape index (κ3) is 3.85. The molecule has 34 heavy (non-hydrogen) atoms. The minimum atomic E-state index is -0.476. The highest BCUT2D eigenvalue weighted by atomic mass is 32.2. The van der Waals surface area contributed by atoms with Gasteiger partial charge in [-0.3, -0.25) is 0 Å². The van der Waals surface area contributed by atoms with Gasteiger partial charge in [0.2, 0.25) is 0 Å². The smallest absolute Gasteiger partial charge is 0.170 e. The summed E-state index contributed by atoms with van der Waals surface area (Å²) in [5.41, 5.74) is -0.476. The molecule has 5 atom stereocenters. The number of halogens is 1. The molecule has 0 aromatic heterocycles. The van der Waals surface area contributed by atoms with Gasteiger partial charge in [0.05, 0.1) is 23.1 Å². The highest BCUT2D eigenvalue weighted by Gasteiger charge is 2.59. The van der Waals surface area contributed by atoms with Crippen molar-refractivity contribution >= 4 is 10.9 Å². The molecule has 5 unspecified atom stereocenters. The van der Waals surface area contributed by atoms with E-state index < -0.39 is 5.60 Å². The van der Waals surface area contributed by atoms with E-state index in [-0.39, 0.29) is 22.8 Å². The van der Waals surface area contributed by atoms with Gasteiger partial charge in [0.25, 0.3) is 0 Å². The van der Waals surface area contributed by atoms with Gasteiger partial charge in [0.1, 0.15) is 5.60 Å². The Balaban J connectivity index is 1.27. The van der Waals surface area contributed by atoms with E-state index in [0.717, 1.165) is 17.2 Å². The van der Waals surface area contributed by atoms with Gasteiger partial charge >= 0.3 is 0 Å². The fourth-order valence-electron chi connectivity index (χ4n) is 6.55. The van der Waals surface area contributed by atoms with Crippen molar-refractivity contribution in [2.75, 3.05) is 0 Å². The standard InChI is InChI=1S/C30H32FO2S/c1-30(2,25-19-28-23-14-9-15-24(23)29(25)32-28)33-27-17-16-22(18-26(27)31)34(20-10-5-3-6-11-20)21-12-7-4-8-13-21/h3-8,10-13,16-18,23-25,28-29H,9,14-15,19H2,1-2H3/q+1. The van der Waals surface area contributed by atoms with Gasteiger partial charge in [-0.25, -0.2) is 4.39 Å².